The van der Waals surface area contributed by atoms with Crippen LogP contribution in [0.3, 0.4) is 0 Å². The molecule has 2 rings (SSSR count). The maximum atomic E-state index is 12.5. The van der Waals surface area contributed by atoms with Gasteiger partial charge in [0.1, 0.15) is 5.60 Å². The topological polar surface area (TPSA) is 66.8 Å². The summed E-state index contributed by atoms with van der Waals surface area (Å²) in [5.41, 5.74) is -1.39. The maximum absolute atomic E-state index is 12.5. The third kappa shape index (κ3) is 2.76. The van der Waals surface area contributed by atoms with Crippen molar-refractivity contribution < 1.29 is 19.4 Å². The molecule has 0 aromatic carbocycles. The first-order valence-electron chi connectivity index (χ1n) is 7.04. The first kappa shape index (κ1) is 14.3. The van der Waals surface area contributed by atoms with Gasteiger partial charge in [-0.15, -0.1) is 0 Å². The lowest BCUT2D eigenvalue weighted by Gasteiger charge is -2.41. The molecule has 108 valence electrons. The van der Waals surface area contributed by atoms with E-state index < -0.39 is 17.0 Å². The van der Waals surface area contributed by atoms with Crippen LogP contribution in [-0.4, -0.2) is 47.2 Å². The van der Waals surface area contributed by atoms with Crippen molar-refractivity contribution in [2.24, 2.45) is 5.41 Å². The van der Waals surface area contributed by atoms with Crippen LogP contribution in [0.4, 0.5) is 0 Å². The number of ether oxygens (including phenoxy) is 1. The van der Waals surface area contributed by atoms with Crippen LogP contribution in [-0.2, 0) is 14.3 Å². The molecule has 5 nitrogen and oxygen atoms in total. The molecule has 0 unspecified atom stereocenters. The zero-order chi connectivity index (χ0) is 14.1. The molecule has 5 heteroatoms. The molecule has 0 spiro atoms. The van der Waals surface area contributed by atoms with Crippen molar-refractivity contribution in [1.82, 2.24) is 4.90 Å². The molecule has 0 aromatic rings. The Bertz CT molecular complexity index is 366. The Morgan fingerprint density at radius 2 is 1.74 bits per heavy atom. The molecule has 1 N–H and O–H groups in total. The van der Waals surface area contributed by atoms with E-state index in [-0.39, 0.29) is 5.91 Å². The van der Waals surface area contributed by atoms with Gasteiger partial charge in [0.05, 0.1) is 5.41 Å². The summed E-state index contributed by atoms with van der Waals surface area (Å²) in [6.45, 7) is 5.29. The van der Waals surface area contributed by atoms with Crippen LogP contribution in [0.2, 0.25) is 0 Å². The summed E-state index contributed by atoms with van der Waals surface area (Å²) in [6, 6.07) is 0. The highest BCUT2D eigenvalue weighted by Crippen LogP contribution is 2.34. The van der Waals surface area contributed by atoms with Gasteiger partial charge < -0.3 is 14.7 Å². The largest absolute Gasteiger partial charge is 0.481 e. The Kier molecular flexibility index (Phi) is 3.85. The predicted molar refractivity (Wildman–Crippen MR) is 69.8 cm³/mol. The number of rotatable bonds is 2. The number of carbonyl (C=O) groups is 2. The second-order valence-electron chi connectivity index (χ2n) is 6.19. The lowest BCUT2D eigenvalue weighted by molar-refractivity contribution is -0.167. The lowest BCUT2D eigenvalue weighted by atomic mass is 9.80. The fraction of sp³-hybridized carbons (Fsp3) is 0.857. The summed E-state index contributed by atoms with van der Waals surface area (Å²) < 4.78 is 5.67. The molecule has 2 aliphatic rings. The van der Waals surface area contributed by atoms with Crippen LogP contribution in [0.1, 0.15) is 46.0 Å². The number of carboxylic acids is 1. The minimum absolute atomic E-state index is 0.0274. The van der Waals surface area contributed by atoms with E-state index >= 15 is 0 Å². The molecule has 0 aliphatic carbocycles. The first-order chi connectivity index (χ1) is 8.87. The maximum Gasteiger partial charge on any atom is 0.309 e. The normalized spacial score (nSPS) is 30.9. The molecule has 19 heavy (non-hydrogen) atoms. The molecule has 0 saturated carbocycles. The second-order valence-corrected chi connectivity index (χ2v) is 6.19. The van der Waals surface area contributed by atoms with Gasteiger partial charge in [-0.25, -0.2) is 0 Å². The smallest absolute Gasteiger partial charge is 0.309 e. The van der Waals surface area contributed by atoms with E-state index in [9.17, 15) is 14.7 Å². The van der Waals surface area contributed by atoms with Crippen LogP contribution < -0.4 is 0 Å². The number of nitrogens with zero attached hydrogens (tertiary/aromatic N) is 1. The Morgan fingerprint density at radius 3 is 2.21 bits per heavy atom. The highest BCUT2D eigenvalue weighted by Gasteiger charge is 2.43. The monoisotopic (exact) mass is 269 g/mol. The fourth-order valence-corrected chi connectivity index (χ4v) is 2.85. The van der Waals surface area contributed by atoms with E-state index in [0.717, 1.165) is 19.3 Å². The van der Waals surface area contributed by atoms with E-state index in [1.54, 1.807) is 11.8 Å². The van der Waals surface area contributed by atoms with Gasteiger partial charge in [-0.05, 0) is 46.0 Å². The number of hydrogen-bond donors (Lipinski definition) is 1. The standard InChI is InChI=1S/C14H23NO4/c1-13(12(17)18)6-8-15(9-7-13)11(16)14(2)5-3-4-10-19-14/h3-10H2,1-2H3,(H,17,18)/t14-/m0/s1. The van der Waals surface area contributed by atoms with Crippen LogP contribution in [0.5, 0.6) is 0 Å². The number of piperidine rings is 1. The number of carboxylic acid groups (broad SMARTS) is 1. The highest BCUT2D eigenvalue weighted by atomic mass is 16.5. The molecule has 2 fully saturated rings. The van der Waals surface area contributed by atoms with Crippen LogP contribution >= 0.6 is 0 Å². The third-order valence-electron chi connectivity index (χ3n) is 4.59. The molecular weight excluding hydrogens is 246 g/mol. The van der Waals surface area contributed by atoms with Gasteiger partial charge in [-0.2, -0.15) is 0 Å². The Hall–Kier alpha value is -1.10. The van der Waals surface area contributed by atoms with Gasteiger partial charge in [0, 0.05) is 19.7 Å². The summed E-state index contributed by atoms with van der Waals surface area (Å²) in [6.07, 6.45) is 3.83. The highest BCUT2D eigenvalue weighted by molar-refractivity contribution is 5.85. The van der Waals surface area contributed by atoms with Crippen molar-refractivity contribution in [3.05, 3.63) is 0 Å². The van der Waals surface area contributed by atoms with E-state index in [0.29, 0.717) is 32.5 Å². The van der Waals surface area contributed by atoms with Crippen molar-refractivity contribution in [3.63, 3.8) is 0 Å². The quantitative estimate of drug-likeness (QED) is 0.828. The Labute approximate surface area is 113 Å². The number of carbonyl (C=O) groups excluding carboxylic acids is 1. The average Bonchev–Trinajstić information content (AvgIpc) is 2.39. The molecule has 0 radical (unpaired) electrons. The van der Waals surface area contributed by atoms with Gasteiger partial charge >= 0.3 is 5.97 Å². The summed E-state index contributed by atoms with van der Waals surface area (Å²) in [4.78, 5) is 25.5. The van der Waals surface area contributed by atoms with E-state index in [2.05, 4.69) is 0 Å². The molecule has 1 amide bonds. The van der Waals surface area contributed by atoms with Crippen molar-refractivity contribution >= 4 is 11.9 Å². The number of aliphatic carboxylic acids is 1. The zero-order valence-corrected chi connectivity index (χ0v) is 11.8. The van der Waals surface area contributed by atoms with Gasteiger partial charge in [-0.3, -0.25) is 9.59 Å². The summed E-state index contributed by atoms with van der Waals surface area (Å²) in [5.74, 6) is -0.737. The van der Waals surface area contributed by atoms with Gasteiger partial charge in [0.25, 0.3) is 5.91 Å². The molecular formula is C14H23NO4. The van der Waals surface area contributed by atoms with E-state index in [1.165, 1.54) is 0 Å². The molecule has 2 heterocycles. The lowest BCUT2D eigenvalue weighted by Crippen LogP contribution is -2.54. The Morgan fingerprint density at radius 1 is 1.11 bits per heavy atom. The molecule has 0 aromatic heterocycles. The molecule has 1 atom stereocenters. The minimum Gasteiger partial charge on any atom is -0.481 e. The van der Waals surface area contributed by atoms with Crippen molar-refractivity contribution in [1.29, 1.82) is 0 Å². The van der Waals surface area contributed by atoms with E-state index in [4.69, 9.17) is 4.74 Å². The van der Waals surface area contributed by atoms with Crippen molar-refractivity contribution in [2.45, 2.75) is 51.6 Å². The molecule has 2 aliphatic heterocycles. The summed E-state index contributed by atoms with van der Waals surface area (Å²) in [5, 5.41) is 9.19. The van der Waals surface area contributed by atoms with E-state index in [1.807, 2.05) is 6.92 Å². The summed E-state index contributed by atoms with van der Waals surface area (Å²) >= 11 is 0. The SMILES string of the molecule is CC1(C(=O)O)CCN(C(=O)[C@]2(C)CCCCO2)CC1. The van der Waals surface area contributed by atoms with Crippen LogP contribution in [0.25, 0.3) is 0 Å². The third-order valence-corrected chi connectivity index (χ3v) is 4.59. The summed E-state index contributed by atoms with van der Waals surface area (Å²) in [7, 11) is 0. The van der Waals surface area contributed by atoms with Crippen LogP contribution in [0, 0.1) is 5.41 Å². The minimum atomic E-state index is -0.764. The van der Waals surface area contributed by atoms with Gasteiger partial charge in [-0.1, -0.05) is 0 Å². The Balaban J connectivity index is 1.97. The first-order valence-corrected chi connectivity index (χ1v) is 7.04. The number of amides is 1. The van der Waals surface area contributed by atoms with Crippen molar-refractivity contribution in [2.75, 3.05) is 19.7 Å². The second kappa shape index (κ2) is 5.12. The number of hydrogen-bond acceptors (Lipinski definition) is 3. The number of likely N-dealkylation sites (tertiary alicyclic amines) is 1. The molecule has 2 saturated heterocycles. The predicted octanol–water partition coefficient (Wildman–Crippen LogP) is 1.66. The van der Waals surface area contributed by atoms with Gasteiger partial charge in [0.15, 0.2) is 0 Å². The van der Waals surface area contributed by atoms with Crippen molar-refractivity contribution in [3.8, 4) is 0 Å². The zero-order valence-electron chi connectivity index (χ0n) is 11.8. The fourth-order valence-electron chi connectivity index (χ4n) is 2.85. The average molecular weight is 269 g/mol. The molecule has 0 bridgehead atoms. The van der Waals surface area contributed by atoms with Gasteiger partial charge in [0.2, 0.25) is 0 Å². The van der Waals surface area contributed by atoms with Crippen LogP contribution in [0.15, 0.2) is 0 Å².